The van der Waals surface area contributed by atoms with E-state index in [0.29, 0.717) is 56.8 Å². The number of hydrogen-bond donors (Lipinski definition) is 0. The zero-order valence-corrected chi connectivity index (χ0v) is 21.6. The van der Waals surface area contributed by atoms with Gasteiger partial charge in [0.05, 0.1) is 42.3 Å². The quantitative estimate of drug-likeness (QED) is 0.282. The van der Waals surface area contributed by atoms with Crippen LogP contribution in [0.2, 0.25) is 10.0 Å². The summed E-state index contributed by atoms with van der Waals surface area (Å²) in [5.74, 6) is 1.23. The molecule has 0 saturated heterocycles. The van der Waals surface area contributed by atoms with Crippen LogP contribution in [0.3, 0.4) is 0 Å². The maximum absolute atomic E-state index is 13.8. The Hall–Kier alpha value is -3.68. The molecule has 5 rings (SSSR count). The van der Waals surface area contributed by atoms with Crippen LogP contribution in [0.15, 0.2) is 69.9 Å². The highest BCUT2D eigenvalue weighted by atomic mass is 35.5. The van der Waals surface area contributed by atoms with Crippen LogP contribution in [0.1, 0.15) is 27.5 Å². The van der Waals surface area contributed by atoms with Crippen molar-refractivity contribution in [3.05, 3.63) is 97.8 Å². The first-order chi connectivity index (χ1) is 17.9. The summed E-state index contributed by atoms with van der Waals surface area (Å²) in [7, 11) is 3.14. The Morgan fingerprint density at radius 1 is 1.00 bits per heavy atom. The van der Waals surface area contributed by atoms with Gasteiger partial charge >= 0.3 is 5.63 Å². The summed E-state index contributed by atoms with van der Waals surface area (Å²) >= 11 is 12.6. The van der Waals surface area contributed by atoms with Gasteiger partial charge in [0.25, 0.3) is 5.91 Å². The zero-order chi connectivity index (χ0) is 26.1. The second-order valence-corrected chi connectivity index (χ2v) is 9.38. The first-order valence-electron chi connectivity index (χ1n) is 11.6. The van der Waals surface area contributed by atoms with Crippen LogP contribution in [0.25, 0.3) is 11.0 Å². The summed E-state index contributed by atoms with van der Waals surface area (Å²) in [4.78, 5) is 27.6. The van der Waals surface area contributed by atoms with Crippen LogP contribution in [-0.4, -0.2) is 38.2 Å². The van der Waals surface area contributed by atoms with E-state index in [1.165, 1.54) is 6.07 Å². The fourth-order valence-corrected chi connectivity index (χ4v) is 5.01. The Bertz CT molecular complexity index is 1550. The van der Waals surface area contributed by atoms with E-state index in [1.54, 1.807) is 49.5 Å². The fourth-order valence-electron chi connectivity index (χ4n) is 4.64. The first kappa shape index (κ1) is 25.0. The van der Waals surface area contributed by atoms with Crippen molar-refractivity contribution < 1.29 is 23.4 Å². The average molecular weight is 540 g/mol. The first-order valence-corrected chi connectivity index (χ1v) is 12.3. The highest BCUT2D eigenvalue weighted by molar-refractivity contribution is 6.35. The molecule has 1 atom stereocenters. The van der Waals surface area contributed by atoms with Crippen molar-refractivity contribution in [1.29, 1.82) is 0 Å². The van der Waals surface area contributed by atoms with Crippen molar-refractivity contribution in [3.8, 4) is 17.2 Å². The van der Waals surface area contributed by atoms with Gasteiger partial charge in [-0.05, 0) is 60.0 Å². The molecule has 190 valence electrons. The van der Waals surface area contributed by atoms with E-state index in [0.717, 1.165) is 11.1 Å². The van der Waals surface area contributed by atoms with Gasteiger partial charge in [-0.3, -0.25) is 4.79 Å². The molecule has 1 aromatic heterocycles. The lowest BCUT2D eigenvalue weighted by Gasteiger charge is -2.38. The Balaban J connectivity index is 1.57. The van der Waals surface area contributed by atoms with Crippen LogP contribution in [-0.2, 0) is 6.42 Å². The highest BCUT2D eigenvalue weighted by Gasteiger charge is 2.34. The third kappa shape index (κ3) is 4.84. The van der Waals surface area contributed by atoms with Crippen molar-refractivity contribution in [1.82, 2.24) is 4.90 Å². The molecule has 0 aliphatic carbocycles. The lowest BCUT2D eigenvalue weighted by Crippen LogP contribution is -2.42. The zero-order valence-electron chi connectivity index (χ0n) is 20.1. The van der Waals surface area contributed by atoms with Gasteiger partial charge in [0, 0.05) is 11.6 Å². The van der Waals surface area contributed by atoms with Crippen LogP contribution >= 0.6 is 23.2 Å². The Morgan fingerprint density at radius 2 is 1.76 bits per heavy atom. The van der Waals surface area contributed by atoms with Gasteiger partial charge in [-0.1, -0.05) is 35.3 Å². The number of fused-ring (bicyclic) bond motifs is 2. The predicted octanol–water partition coefficient (Wildman–Crippen LogP) is 5.94. The molecular weight excluding hydrogens is 517 g/mol. The maximum Gasteiger partial charge on any atom is 0.339 e. The van der Waals surface area contributed by atoms with Crippen LogP contribution in [0.5, 0.6) is 17.2 Å². The monoisotopic (exact) mass is 539 g/mol. The van der Waals surface area contributed by atoms with Gasteiger partial charge in [0.1, 0.15) is 17.9 Å². The van der Waals surface area contributed by atoms with Gasteiger partial charge in [0.15, 0.2) is 11.5 Å². The summed E-state index contributed by atoms with van der Waals surface area (Å²) in [6, 6.07) is 16.5. The van der Waals surface area contributed by atoms with E-state index < -0.39 is 11.7 Å². The minimum atomic E-state index is -0.525. The number of nitrogens with zero attached hydrogens (tertiary/aromatic N) is 1. The smallest absolute Gasteiger partial charge is 0.339 e. The van der Waals surface area contributed by atoms with Crippen molar-refractivity contribution in [2.45, 2.75) is 12.5 Å². The maximum atomic E-state index is 13.8. The number of hydrogen-bond acceptors (Lipinski definition) is 6. The van der Waals surface area contributed by atoms with Crippen molar-refractivity contribution in [3.63, 3.8) is 0 Å². The van der Waals surface area contributed by atoms with Gasteiger partial charge in [0.2, 0.25) is 0 Å². The molecule has 9 heteroatoms. The summed E-state index contributed by atoms with van der Waals surface area (Å²) in [6.07, 6.45) is 0.591. The molecule has 1 aliphatic rings. The Morgan fingerprint density at radius 3 is 2.54 bits per heavy atom. The summed E-state index contributed by atoms with van der Waals surface area (Å²) < 4.78 is 22.5. The van der Waals surface area contributed by atoms with Gasteiger partial charge in [-0.15, -0.1) is 0 Å². The molecular formula is C28H23Cl2NO6. The fraction of sp³-hybridized carbons (Fsp3) is 0.214. The molecule has 3 aromatic carbocycles. The molecule has 7 nitrogen and oxygen atoms in total. The second kappa shape index (κ2) is 10.4. The third-order valence-electron chi connectivity index (χ3n) is 6.43. The lowest BCUT2D eigenvalue weighted by atomic mass is 9.91. The van der Waals surface area contributed by atoms with Crippen molar-refractivity contribution >= 4 is 40.1 Å². The number of halogens is 2. The lowest BCUT2D eigenvalue weighted by molar-refractivity contribution is 0.0590. The predicted molar refractivity (Wildman–Crippen MR) is 141 cm³/mol. The van der Waals surface area contributed by atoms with Crippen LogP contribution < -0.4 is 19.8 Å². The largest absolute Gasteiger partial charge is 0.493 e. The van der Waals surface area contributed by atoms with Crippen molar-refractivity contribution in [2.75, 3.05) is 27.4 Å². The Kier molecular flexibility index (Phi) is 7.00. The second-order valence-electron chi connectivity index (χ2n) is 8.53. The van der Waals surface area contributed by atoms with E-state index in [1.807, 2.05) is 24.3 Å². The van der Waals surface area contributed by atoms with Gasteiger partial charge in [-0.25, -0.2) is 4.79 Å². The summed E-state index contributed by atoms with van der Waals surface area (Å²) in [6.45, 7) is 0.482. The number of amides is 1. The number of carbonyl (C=O) groups is 1. The highest BCUT2D eigenvalue weighted by Crippen LogP contribution is 2.40. The number of rotatable bonds is 6. The third-order valence-corrected chi connectivity index (χ3v) is 7.00. The number of ether oxygens (including phenoxy) is 3. The van der Waals surface area contributed by atoms with E-state index in [2.05, 4.69) is 0 Å². The van der Waals surface area contributed by atoms with Crippen LogP contribution in [0.4, 0.5) is 0 Å². The summed E-state index contributed by atoms with van der Waals surface area (Å²) in [5.41, 5.74) is 2.04. The SMILES string of the molecule is COc1cc2c(cc1OC)C(COc1cc(=O)oc3ccccc13)N(C(=O)c1cc(Cl)ccc1Cl)CC2. The average Bonchev–Trinajstić information content (AvgIpc) is 2.91. The standard InChI is InChI=1S/C28H23Cl2NO6/c1-34-25-11-16-9-10-31(28(33)20-12-17(29)7-8-21(20)30)22(19(16)13-26(25)35-2)15-36-24-14-27(32)37-23-6-4-3-5-18(23)24/h3-8,11-14,22H,9-10,15H2,1-2H3. The normalized spacial score (nSPS) is 14.8. The molecule has 1 unspecified atom stereocenters. The Labute approximate surface area is 223 Å². The number of carbonyl (C=O) groups excluding carboxylic acids is 1. The van der Waals surface area contributed by atoms with E-state index >= 15 is 0 Å². The number of benzene rings is 3. The minimum Gasteiger partial charge on any atom is -0.493 e. The number of methoxy groups -OCH3 is 2. The van der Waals surface area contributed by atoms with Crippen molar-refractivity contribution in [2.24, 2.45) is 0 Å². The molecule has 0 fully saturated rings. The topological polar surface area (TPSA) is 78.2 Å². The molecule has 1 amide bonds. The van der Waals surface area contributed by atoms with Crippen LogP contribution in [0, 0.1) is 0 Å². The summed E-state index contributed by atoms with van der Waals surface area (Å²) in [5, 5.41) is 1.37. The molecule has 0 bridgehead atoms. The van der Waals surface area contributed by atoms with E-state index in [4.69, 9.17) is 41.8 Å². The molecule has 1 aliphatic heterocycles. The van der Waals surface area contributed by atoms with E-state index in [9.17, 15) is 9.59 Å². The van der Waals surface area contributed by atoms with Gasteiger partial charge < -0.3 is 23.5 Å². The molecule has 4 aromatic rings. The van der Waals surface area contributed by atoms with Gasteiger partial charge in [-0.2, -0.15) is 0 Å². The minimum absolute atomic E-state index is 0.0693. The molecule has 0 spiro atoms. The number of para-hydroxylation sites is 1. The molecule has 0 N–H and O–H groups in total. The molecule has 2 heterocycles. The molecule has 37 heavy (non-hydrogen) atoms. The molecule has 0 radical (unpaired) electrons. The molecule has 0 saturated carbocycles. The van der Waals surface area contributed by atoms with E-state index in [-0.39, 0.29) is 12.5 Å².